The third kappa shape index (κ3) is 5.49. The predicted octanol–water partition coefficient (Wildman–Crippen LogP) is 0.187. The molecule has 0 bridgehead atoms. The van der Waals surface area contributed by atoms with Crippen LogP contribution in [0.15, 0.2) is 12.2 Å². The quantitative estimate of drug-likeness (QED) is 0.295. The van der Waals surface area contributed by atoms with Crippen LogP contribution < -0.4 is 0 Å². The Morgan fingerprint density at radius 2 is 2.00 bits per heavy atom. The molecule has 10 heteroatoms. The van der Waals surface area contributed by atoms with E-state index in [2.05, 4.69) is 20.8 Å². The van der Waals surface area contributed by atoms with Gasteiger partial charge >= 0.3 is 21.3 Å². The first-order valence-electron chi connectivity index (χ1n) is 4.38. The number of alkyl halides is 2. The van der Waals surface area contributed by atoms with Crippen molar-refractivity contribution in [3.05, 3.63) is 12.2 Å². The molecule has 7 nitrogen and oxygen atoms in total. The molecule has 0 saturated heterocycles. The van der Waals surface area contributed by atoms with Crippen LogP contribution in [0, 0.1) is 0 Å². The van der Waals surface area contributed by atoms with E-state index in [0.717, 1.165) is 0 Å². The molecule has 0 spiro atoms. The van der Waals surface area contributed by atoms with Gasteiger partial charge in [-0.15, -0.1) is 0 Å². The molecular weight excluding hydrogens is 278 g/mol. The normalized spacial score (nSPS) is 12.2. The smallest absolute Gasteiger partial charge is 0.392 e. The number of esters is 1. The molecule has 106 valence electrons. The minimum Gasteiger partial charge on any atom is -0.435 e. The Balaban J connectivity index is 4.13. The summed E-state index contributed by atoms with van der Waals surface area (Å²) in [6.07, 6.45) is 0. The fourth-order valence-corrected chi connectivity index (χ4v) is 0.873. The lowest BCUT2D eigenvalue weighted by atomic mass is 10.3. The van der Waals surface area contributed by atoms with Crippen molar-refractivity contribution in [3.63, 3.8) is 0 Å². The van der Waals surface area contributed by atoms with Crippen molar-refractivity contribution in [2.24, 2.45) is 0 Å². The number of halogens is 2. The van der Waals surface area contributed by atoms with Crippen LogP contribution in [-0.2, 0) is 29.1 Å². The van der Waals surface area contributed by atoms with Gasteiger partial charge in [-0.2, -0.15) is 17.2 Å². The fourth-order valence-electron chi connectivity index (χ4n) is 0.641. The van der Waals surface area contributed by atoms with Crippen LogP contribution in [0.3, 0.4) is 0 Å². The first-order chi connectivity index (χ1) is 8.12. The lowest BCUT2D eigenvalue weighted by Gasteiger charge is -2.13. The van der Waals surface area contributed by atoms with E-state index < -0.39 is 34.6 Å². The summed E-state index contributed by atoms with van der Waals surface area (Å²) in [4.78, 5) is 11.0. The maximum absolute atomic E-state index is 12.7. The highest BCUT2D eigenvalue weighted by Gasteiger charge is 2.44. The molecule has 0 heterocycles. The van der Waals surface area contributed by atoms with Gasteiger partial charge in [0.05, 0.1) is 12.2 Å². The number of ether oxygens (including phenoxy) is 3. The van der Waals surface area contributed by atoms with Crippen LogP contribution in [0.5, 0.6) is 0 Å². The van der Waals surface area contributed by atoms with Crippen molar-refractivity contribution in [2.75, 3.05) is 27.1 Å². The van der Waals surface area contributed by atoms with Gasteiger partial charge in [0, 0.05) is 7.11 Å². The van der Waals surface area contributed by atoms with Crippen molar-refractivity contribution in [2.45, 2.75) is 5.25 Å². The SMILES string of the molecule is C=C(COCC(F)(F)S(=O)(=O)O)C(=O)OCOC. The number of rotatable bonds is 8. The fraction of sp³-hybridized carbons (Fsp3) is 0.625. The van der Waals surface area contributed by atoms with Crippen molar-refractivity contribution in [1.82, 2.24) is 0 Å². The van der Waals surface area contributed by atoms with Gasteiger partial charge in [-0.25, -0.2) is 4.79 Å². The Labute approximate surface area is 102 Å². The Morgan fingerprint density at radius 1 is 1.44 bits per heavy atom. The molecule has 0 unspecified atom stereocenters. The van der Waals surface area contributed by atoms with E-state index in [1.807, 2.05) is 0 Å². The highest BCUT2D eigenvalue weighted by molar-refractivity contribution is 7.86. The number of hydrogen-bond acceptors (Lipinski definition) is 6. The summed E-state index contributed by atoms with van der Waals surface area (Å²) in [7, 11) is -4.30. The molecule has 0 aliphatic heterocycles. The van der Waals surface area contributed by atoms with Gasteiger partial charge in [0.2, 0.25) is 0 Å². The minimum absolute atomic E-state index is 0.307. The van der Waals surface area contributed by atoms with Gasteiger partial charge in [0.15, 0.2) is 6.79 Å². The maximum Gasteiger partial charge on any atom is 0.392 e. The zero-order valence-corrected chi connectivity index (χ0v) is 10.2. The molecular formula is C8H12F2O7S. The Kier molecular flexibility index (Phi) is 6.32. The lowest BCUT2D eigenvalue weighted by molar-refractivity contribution is -0.150. The summed E-state index contributed by atoms with van der Waals surface area (Å²) in [6.45, 7) is 0.547. The Bertz CT molecular complexity index is 404. The lowest BCUT2D eigenvalue weighted by Crippen LogP contribution is -2.34. The summed E-state index contributed by atoms with van der Waals surface area (Å²) in [6, 6.07) is 0. The van der Waals surface area contributed by atoms with Crippen molar-refractivity contribution in [1.29, 1.82) is 0 Å². The topological polar surface area (TPSA) is 99.1 Å². The molecule has 0 aromatic rings. The molecule has 0 aliphatic rings. The van der Waals surface area contributed by atoms with Crippen LogP contribution in [0.4, 0.5) is 8.78 Å². The predicted molar refractivity (Wildman–Crippen MR) is 54.4 cm³/mol. The minimum atomic E-state index is -5.56. The second kappa shape index (κ2) is 6.73. The van der Waals surface area contributed by atoms with Crippen LogP contribution in [-0.4, -0.2) is 51.3 Å². The van der Waals surface area contributed by atoms with Crippen molar-refractivity contribution < 1.29 is 40.8 Å². The van der Waals surface area contributed by atoms with E-state index in [9.17, 15) is 22.0 Å². The van der Waals surface area contributed by atoms with E-state index in [4.69, 9.17) is 4.55 Å². The van der Waals surface area contributed by atoms with Crippen molar-refractivity contribution >= 4 is 16.1 Å². The van der Waals surface area contributed by atoms with Crippen LogP contribution >= 0.6 is 0 Å². The van der Waals surface area contributed by atoms with E-state index in [1.165, 1.54) is 7.11 Å². The van der Waals surface area contributed by atoms with Crippen LogP contribution in [0.1, 0.15) is 0 Å². The zero-order chi connectivity index (χ0) is 14.4. The highest BCUT2D eigenvalue weighted by Crippen LogP contribution is 2.20. The first-order valence-corrected chi connectivity index (χ1v) is 5.82. The Morgan fingerprint density at radius 3 is 2.44 bits per heavy atom. The molecule has 0 fully saturated rings. The van der Waals surface area contributed by atoms with Crippen LogP contribution in [0.25, 0.3) is 0 Å². The van der Waals surface area contributed by atoms with Gasteiger partial charge in [0.1, 0.15) is 6.61 Å². The van der Waals surface area contributed by atoms with Gasteiger partial charge in [-0.1, -0.05) is 6.58 Å². The third-order valence-electron chi connectivity index (χ3n) is 1.52. The molecule has 0 saturated carbocycles. The summed E-state index contributed by atoms with van der Waals surface area (Å²) in [5.74, 6) is -0.938. The molecule has 1 N–H and O–H groups in total. The summed E-state index contributed by atoms with van der Waals surface area (Å²) >= 11 is 0. The molecule has 0 atom stereocenters. The number of carbonyl (C=O) groups is 1. The number of hydrogen-bond donors (Lipinski definition) is 1. The molecule has 18 heavy (non-hydrogen) atoms. The molecule has 0 aliphatic carbocycles. The Hall–Kier alpha value is -1.10. The maximum atomic E-state index is 12.7. The second-order valence-corrected chi connectivity index (χ2v) is 4.59. The van der Waals surface area contributed by atoms with E-state index in [-0.39, 0.29) is 12.4 Å². The number of carbonyl (C=O) groups excluding carboxylic acids is 1. The van der Waals surface area contributed by atoms with Gasteiger partial charge in [-0.05, 0) is 0 Å². The van der Waals surface area contributed by atoms with Crippen LogP contribution in [0.2, 0.25) is 0 Å². The molecule has 0 aromatic heterocycles. The number of methoxy groups -OCH3 is 1. The largest absolute Gasteiger partial charge is 0.435 e. The van der Waals surface area contributed by atoms with Crippen molar-refractivity contribution in [3.8, 4) is 0 Å². The van der Waals surface area contributed by atoms with E-state index in [1.54, 1.807) is 0 Å². The average Bonchev–Trinajstić information content (AvgIpc) is 2.23. The van der Waals surface area contributed by atoms with E-state index >= 15 is 0 Å². The second-order valence-electron chi connectivity index (χ2n) is 3.05. The summed E-state index contributed by atoms with van der Waals surface area (Å²) < 4.78 is 66.9. The van der Waals surface area contributed by atoms with Gasteiger partial charge < -0.3 is 14.2 Å². The van der Waals surface area contributed by atoms with E-state index in [0.29, 0.717) is 0 Å². The molecule has 0 radical (unpaired) electrons. The standard InChI is InChI=1S/C8H12F2O7S/c1-6(7(11)17-5-15-2)3-16-4-8(9,10)18(12,13)14/h1,3-5H2,2H3,(H,12,13,14). The highest BCUT2D eigenvalue weighted by atomic mass is 32.2. The van der Waals surface area contributed by atoms with Gasteiger partial charge in [0.25, 0.3) is 0 Å². The molecule has 0 aromatic carbocycles. The molecule has 0 amide bonds. The third-order valence-corrected chi connectivity index (χ3v) is 2.39. The first kappa shape index (κ1) is 16.9. The summed E-state index contributed by atoms with van der Waals surface area (Å²) in [5, 5.41) is -4.45. The summed E-state index contributed by atoms with van der Waals surface area (Å²) in [5.41, 5.74) is -0.307. The molecule has 0 rings (SSSR count). The zero-order valence-electron chi connectivity index (χ0n) is 9.39. The average molecular weight is 290 g/mol. The monoisotopic (exact) mass is 290 g/mol. The van der Waals surface area contributed by atoms with Gasteiger partial charge in [-0.3, -0.25) is 4.55 Å².